The molecule has 0 aliphatic heterocycles. The molecule has 1 aromatic heterocycles. The molecule has 0 N–H and O–H groups in total. The summed E-state index contributed by atoms with van der Waals surface area (Å²) in [5.74, 6) is 0. The van der Waals surface area contributed by atoms with E-state index in [4.69, 9.17) is 11.6 Å². The van der Waals surface area contributed by atoms with Crippen molar-refractivity contribution in [3.05, 3.63) is 40.7 Å². The maximum Gasteiger partial charge on any atom is 0.172 e. The van der Waals surface area contributed by atoms with E-state index in [0.29, 0.717) is 10.7 Å². The summed E-state index contributed by atoms with van der Waals surface area (Å²) in [6, 6.07) is 7.28. The number of aromatic nitrogens is 3. The molecule has 0 aliphatic carbocycles. The van der Waals surface area contributed by atoms with Crippen molar-refractivity contribution >= 4 is 17.9 Å². The van der Waals surface area contributed by atoms with Gasteiger partial charge >= 0.3 is 0 Å². The van der Waals surface area contributed by atoms with Crippen molar-refractivity contribution < 1.29 is 4.79 Å². The number of carbonyl (C=O) groups excluding carboxylic acids is 1. The Hall–Kier alpha value is -1.68. The Morgan fingerprint density at radius 3 is 2.65 bits per heavy atom. The van der Waals surface area contributed by atoms with Crippen molar-refractivity contribution in [2.45, 2.75) is 19.8 Å². The summed E-state index contributed by atoms with van der Waals surface area (Å²) in [6.45, 7) is 2.05. The Labute approximate surface area is 104 Å². The molecule has 1 heterocycles. The second-order valence-electron chi connectivity index (χ2n) is 3.68. The van der Waals surface area contributed by atoms with Gasteiger partial charge in [0, 0.05) is 5.02 Å². The zero-order valence-corrected chi connectivity index (χ0v) is 10.2. The van der Waals surface area contributed by atoms with Crippen LogP contribution in [0.15, 0.2) is 24.3 Å². The molecule has 4 nitrogen and oxygen atoms in total. The van der Waals surface area contributed by atoms with Gasteiger partial charge in [0.05, 0.1) is 11.4 Å². The van der Waals surface area contributed by atoms with Gasteiger partial charge in [-0.2, -0.15) is 0 Å². The van der Waals surface area contributed by atoms with Crippen LogP contribution in [0.4, 0.5) is 0 Å². The number of halogens is 1. The Balaban J connectivity index is 2.47. The van der Waals surface area contributed by atoms with Crippen molar-refractivity contribution in [2.24, 2.45) is 0 Å². The molecule has 0 unspecified atom stereocenters. The van der Waals surface area contributed by atoms with E-state index in [2.05, 4.69) is 10.3 Å². The Kier molecular flexibility index (Phi) is 3.54. The lowest BCUT2D eigenvalue weighted by Gasteiger charge is -2.05. The van der Waals surface area contributed by atoms with Crippen LogP contribution in [0.1, 0.15) is 29.5 Å². The van der Waals surface area contributed by atoms with E-state index in [0.717, 1.165) is 30.5 Å². The topological polar surface area (TPSA) is 47.8 Å². The Morgan fingerprint density at radius 2 is 2.06 bits per heavy atom. The normalized spacial score (nSPS) is 10.5. The number of rotatable bonds is 4. The highest BCUT2D eigenvalue weighted by molar-refractivity contribution is 6.30. The van der Waals surface area contributed by atoms with Gasteiger partial charge in [-0.05, 0) is 30.7 Å². The van der Waals surface area contributed by atoms with Gasteiger partial charge in [0.15, 0.2) is 6.29 Å². The summed E-state index contributed by atoms with van der Waals surface area (Å²) >= 11 is 5.83. The van der Waals surface area contributed by atoms with Gasteiger partial charge in [-0.3, -0.25) is 4.79 Å². The summed E-state index contributed by atoms with van der Waals surface area (Å²) in [7, 11) is 0. The second kappa shape index (κ2) is 5.10. The standard InChI is InChI=1S/C12H12ClN3O/c1-2-3-12-11(8-17)14-15-16(12)10-6-4-9(13)5-7-10/h4-8H,2-3H2,1H3. The van der Waals surface area contributed by atoms with E-state index in [1.165, 1.54) is 0 Å². The first-order chi connectivity index (χ1) is 8.26. The van der Waals surface area contributed by atoms with Crippen molar-refractivity contribution in [2.75, 3.05) is 0 Å². The molecular weight excluding hydrogens is 238 g/mol. The van der Waals surface area contributed by atoms with Crippen LogP contribution in [-0.4, -0.2) is 21.3 Å². The van der Waals surface area contributed by atoms with Gasteiger partial charge in [0.25, 0.3) is 0 Å². The minimum Gasteiger partial charge on any atom is -0.296 e. The lowest BCUT2D eigenvalue weighted by atomic mass is 10.2. The predicted octanol–water partition coefficient (Wildman–Crippen LogP) is 2.69. The monoisotopic (exact) mass is 249 g/mol. The van der Waals surface area contributed by atoms with Crippen LogP contribution in [-0.2, 0) is 6.42 Å². The summed E-state index contributed by atoms with van der Waals surface area (Å²) in [6.07, 6.45) is 2.44. The molecule has 0 amide bonds. The van der Waals surface area contributed by atoms with Crippen LogP contribution in [0.3, 0.4) is 0 Å². The van der Waals surface area contributed by atoms with E-state index in [1.807, 2.05) is 19.1 Å². The predicted molar refractivity (Wildman–Crippen MR) is 65.8 cm³/mol. The van der Waals surface area contributed by atoms with Gasteiger partial charge < -0.3 is 0 Å². The van der Waals surface area contributed by atoms with E-state index in [-0.39, 0.29) is 0 Å². The molecule has 0 aliphatic rings. The molecule has 0 fully saturated rings. The third-order valence-corrected chi connectivity index (χ3v) is 2.71. The van der Waals surface area contributed by atoms with E-state index in [9.17, 15) is 4.79 Å². The Bertz CT molecular complexity index is 519. The number of aldehydes is 1. The van der Waals surface area contributed by atoms with E-state index < -0.39 is 0 Å². The number of nitrogens with zero attached hydrogens (tertiary/aromatic N) is 3. The highest BCUT2D eigenvalue weighted by Crippen LogP contribution is 2.16. The molecule has 0 radical (unpaired) electrons. The van der Waals surface area contributed by atoms with Crippen molar-refractivity contribution in [1.82, 2.24) is 15.0 Å². The highest BCUT2D eigenvalue weighted by atomic mass is 35.5. The fraction of sp³-hybridized carbons (Fsp3) is 0.250. The van der Waals surface area contributed by atoms with Crippen LogP contribution < -0.4 is 0 Å². The minimum atomic E-state index is 0.404. The third kappa shape index (κ3) is 2.36. The molecule has 0 saturated heterocycles. The van der Waals surface area contributed by atoms with Crippen LogP contribution in [0.25, 0.3) is 5.69 Å². The average molecular weight is 250 g/mol. The molecular formula is C12H12ClN3O. The molecule has 2 aromatic rings. The van der Waals surface area contributed by atoms with Gasteiger partial charge in [0.1, 0.15) is 5.69 Å². The largest absolute Gasteiger partial charge is 0.296 e. The van der Waals surface area contributed by atoms with Gasteiger partial charge in [-0.1, -0.05) is 30.2 Å². The number of benzene rings is 1. The second-order valence-corrected chi connectivity index (χ2v) is 4.11. The summed E-state index contributed by atoms with van der Waals surface area (Å²) in [5.41, 5.74) is 2.10. The first-order valence-electron chi connectivity index (χ1n) is 5.42. The molecule has 0 atom stereocenters. The molecule has 5 heteroatoms. The maximum atomic E-state index is 10.9. The third-order valence-electron chi connectivity index (χ3n) is 2.46. The molecule has 1 aromatic carbocycles. The summed E-state index contributed by atoms with van der Waals surface area (Å²) in [5, 5.41) is 8.53. The molecule has 88 valence electrons. The lowest BCUT2D eigenvalue weighted by molar-refractivity contribution is 0.111. The van der Waals surface area contributed by atoms with Gasteiger partial charge in [0.2, 0.25) is 0 Å². The van der Waals surface area contributed by atoms with Crippen molar-refractivity contribution in [1.29, 1.82) is 0 Å². The molecule has 0 saturated carbocycles. The summed E-state index contributed by atoms with van der Waals surface area (Å²) < 4.78 is 1.68. The zero-order chi connectivity index (χ0) is 12.3. The molecule has 0 spiro atoms. The quantitative estimate of drug-likeness (QED) is 0.783. The molecule has 0 bridgehead atoms. The highest BCUT2D eigenvalue weighted by Gasteiger charge is 2.12. The van der Waals surface area contributed by atoms with Gasteiger partial charge in [-0.25, -0.2) is 4.68 Å². The van der Waals surface area contributed by atoms with Crippen LogP contribution in [0.5, 0.6) is 0 Å². The number of hydrogen-bond donors (Lipinski definition) is 0. The lowest BCUT2D eigenvalue weighted by Crippen LogP contribution is -2.03. The molecule has 2 rings (SSSR count). The average Bonchev–Trinajstić information content (AvgIpc) is 2.74. The first kappa shape index (κ1) is 11.8. The van der Waals surface area contributed by atoms with E-state index >= 15 is 0 Å². The van der Waals surface area contributed by atoms with E-state index in [1.54, 1.807) is 16.8 Å². The number of hydrogen-bond acceptors (Lipinski definition) is 3. The fourth-order valence-corrected chi connectivity index (χ4v) is 1.79. The SMILES string of the molecule is CCCc1c(C=O)nnn1-c1ccc(Cl)cc1. The van der Waals surface area contributed by atoms with Crippen molar-refractivity contribution in [3.63, 3.8) is 0 Å². The minimum absolute atomic E-state index is 0.404. The molecule has 17 heavy (non-hydrogen) atoms. The van der Waals surface area contributed by atoms with Crippen molar-refractivity contribution in [3.8, 4) is 5.69 Å². The van der Waals surface area contributed by atoms with Crippen LogP contribution >= 0.6 is 11.6 Å². The fourth-order valence-electron chi connectivity index (χ4n) is 1.67. The zero-order valence-electron chi connectivity index (χ0n) is 9.43. The van der Waals surface area contributed by atoms with Gasteiger partial charge in [-0.15, -0.1) is 5.10 Å². The Morgan fingerprint density at radius 1 is 1.35 bits per heavy atom. The first-order valence-corrected chi connectivity index (χ1v) is 5.79. The van der Waals surface area contributed by atoms with Crippen LogP contribution in [0.2, 0.25) is 5.02 Å². The summed E-state index contributed by atoms with van der Waals surface area (Å²) in [4.78, 5) is 10.9. The van der Waals surface area contributed by atoms with Crippen LogP contribution in [0, 0.1) is 0 Å². The smallest absolute Gasteiger partial charge is 0.172 e. The number of carbonyl (C=O) groups is 1. The maximum absolute atomic E-state index is 10.9.